The molecule has 0 aliphatic carbocycles. The Kier molecular flexibility index (Phi) is 4.74. The largest absolute Gasteiger partial charge is 0.467 e. The van der Waals surface area contributed by atoms with E-state index in [1.807, 2.05) is 17.9 Å². The van der Waals surface area contributed by atoms with E-state index in [1.165, 1.54) is 0 Å². The molecule has 1 fully saturated rings. The summed E-state index contributed by atoms with van der Waals surface area (Å²) in [6.45, 7) is 3.80. The van der Waals surface area contributed by atoms with E-state index in [-0.39, 0.29) is 17.9 Å². The Balaban J connectivity index is 1.79. The first kappa shape index (κ1) is 13.8. The molecule has 0 saturated carbocycles. The van der Waals surface area contributed by atoms with Crippen molar-refractivity contribution in [2.75, 3.05) is 19.6 Å². The lowest BCUT2D eigenvalue weighted by molar-refractivity contribution is -0.124. The minimum absolute atomic E-state index is 0.0320. The van der Waals surface area contributed by atoms with Crippen LogP contribution in [0.15, 0.2) is 22.8 Å². The summed E-state index contributed by atoms with van der Waals surface area (Å²) in [4.78, 5) is 24.7. The second-order valence-electron chi connectivity index (χ2n) is 5.08. The van der Waals surface area contributed by atoms with Gasteiger partial charge in [0, 0.05) is 12.5 Å². The van der Waals surface area contributed by atoms with Crippen molar-refractivity contribution in [1.29, 1.82) is 0 Å². The van der Waals surface area contributed by atoms with Crippen molar-refractivity contribution in [2.24, 2.45) is 5.92 Å². The van der Waals surface area contributed by atoms with Crippen LogP contribution in [-0.4, -0.2) is 36.7 Å². The molecule has 2 unspecified atom stereocenters. The van der Waals surface area contributed by atoms with Crippen LogP contribution in [0.2, 0.25) is 0 Å². The Bertz CT molecular complexity index is 416. The molecular weight excluding hydrogens is 244 g/mol. The van der Waals surface area contributed by atoms with Crippen LogP contribution in [0, 0.1) is 5.92 Å². The van der Waals surface area contributed by atoms with Gasteiger partial charge in [0.1, 0.15) is 12.0 Å². The van der Waals surface area contributed by atoms with Crippen molar-refractivity contribution in [3.63, 3.8) is 0 Å². The predicted molar refractivity (Wildman–Crippen MR) is 70.5 cm³/mol. The standard InChI is InChI=1S/C14H20N2O3/c1-11(13-5-3-7-19-13)15-14(18)9-16-6-2-4-12(8-16)10-17/h3,5,7,10-12H,2,4,6,8-9H2,1H3,(H,15,18). The van der Waals surface area contributed by atoms with Crippen molar-refractivity contribution in [1.82, 2.24) is 10.2 Å². The summed E-state index contributed by atoms with van der Waals surface area (Å²) >= 11 is 0. The van der Waals surface area contributed by atoms with Gasteiger partial charge >= 0.3 is 0 Å². The van der Waals surface area contributed by atoms with E-state index in [9.17, 15) is 9.59 Å². The van der Waals surface area contributed by atoms with Crippen LogP contribution in [0.3, 0.4) is 0 Å². The van der Waals surface area contributed by atoms with E-state index in [0.29, 0.717) is 13.1 Å². The van der Waals surface area contributed by atoms with E-state index in [2.05, 4.69) is 5.32 Å². The maximum atomic E-state index is 11.9. The van der Waals surface area contributed by atoms with Crippen molar-refractivity contribution in [3.8, 4) is 0 Å². The molecule has 0 spiro atoms. The first-order valence-corrected chi connectivity index (χ1v) is 6.69. The van der Waals surface area contributed by atoms with Gasteiger partial charge in [0.2, 0.25) is 5.91 Å². The highest BCUT2D eigenvalue weighted by Crippen LogP contribution is 2.15. The van der Waals surface area contributed by atoms with Gasteiger partial charge in [-0.1, -0.05) is 0 Å². The van der Waals surface area contributed by atoms with Crippen LogP contribution < -0.4 is 5.32 Å². The molecule has 5 heteroatoms. The molecule has 2 rings (SSSR count). The number of nitrogens with one attached hydrogen (secondary N) is 1. The fourth-order valence-corrected chi connectivity index (χ4v) is 2.44. The van der Waals surface area contributed by atoms with Crippen molar-refractivity contribution in [3.05, 3.63) is 24.2 Å². The summed E-state index contributed by atoms with van der Waals surface area (Å²) in [6, 6.07) is 3.51. The highest BCUT2D eigenvalue weighted by Gasteiger charge is 2.21. The summed E-state index contributed by atoms with van der Waals surface area (Å²) in [7, 11) is 0. The second kappa shape index (κ2) is 6.52. The SMILES string of the molecule is CC(NC(=O)CN1CCCC(C=O)C1)c1ccco1. The number of hydrogen-bond donors (Lipinski definition) is 1. The van der Waals surface area contributed by atoms with Crippen molar-refractivity contribution < 1.29 is 14.0 Å². The van der Waals surface area contributed by atoms with Gasteiger partial charge in [-0.25, -0.2) is 0 Å². The van der Waals surface area contributed by atoms with Crippen LogP contribution in [-0.2, 0) is 9.59 Å². The summed E-state index contributed by atoms with van der Waals surface area (Å²) < 4.78 is 5.25. The van der Waals surface area contributed by atoms with Crippen molar-refractivity contribution in [2.45, 2.75) is 25.8 Å². The average molecular weight is 264 g/mol. The number of furan rings is 1. The normalized spacial score (nSPS) is 21.8. The molecule has 0 bridgehead atoms. The molecule has 1 aliphatic rings. The van der Waals surface area contributed by atoms with E-state index >= 15 is 0 Å². The quantitative estimate of drug-likeness (QED) is 0.816. The number of aldehydes is 1. The summed E-state index contributed by atoms with van der Waals surface area (Å²) in [6.07, 6.45) is 4.50. The topological polar surface area (TPSA) is 62.6 Å². The smallest absolute Gasteiger partial charge is 0.234 e. The number of nitrogens with zero attached hydrogens (tertiary/aromatic N) is 1. The Morgan fingerprint density at radius 1 is 1.68 bits per heavy atom. The fourth-order valence-electron chi connectivity index (χ4n) is 2.44. The number of piperidine rings is 1. The lowest BCUT2D eigenvalue weighted by Crippen LogP contribution is -2.43. The number of carbonyl (C=O) groups is 2. The zero-order valence-corrected chi connectivity index (χ0v) is 11.2. The molecule has 1 amide bonds. The summed E-state index contributed by atoms with van der Waals surface area (Å²) in [5.74, 6) is 0.789. The molecule has 1 aliphatic heterocycles. The van der Waals surface area contributed by atoms with E-state index < -0.39 is 0 Å². The summed E-state index contributed by atoms with van der Waals surface area (Å²) in [5, 5.41) is 2.90. The summed E-state index contributed by atoms with van der Waals surface area (Å²) in [5.41, 5.74) is 0. The molecule has 2 atom stereocenters. The van der Waals surface area contributed by atoms with Gasteiger partial charge < -0.3 is 14.5 Å². The zero-order valence-electron chi connectivity index (χ0n) is 11.2. The second-order valence-corrected chi connectivity index (χ2v) is 5.08. The molecular formula is C14H20N2O3. The zero-order chi connectivity index (χ0) is 13.7. The van der Waals surface area contributed by atoms with Gasteiger partial charge in [0.15, 0.2) is 0 Å². The Morgan fingerprint density at radius 3 is 3.21 bits per heavy atom. The Morgan fingerprint density at radius 2 is 2.53 bits per heavy atom. The highest BCUT2D eigenvalue weighted by molar-refractivity contribution is 5.78. The van der Waals surface area contributed by atoms with E-state index in [1.54, 1.807) is 12.3 Å². The third-order valence-corrected chi connectivity index (χ3v) is 3.45. The van der Waals surface area contributed by atoms with Gasteiger partial charge in [0.05, 0.1) is 18.8 Å². The molecule has 2 heterocycles. The fraction of sp³-hybridized carbons (Fsp3) is 0.571. The maximum Gasteiger partial charge on any atom is 0.234 e. The molecule has 1 aromatic heterocycles. The third kappa shape index (κ3) is 3.92. The minimum atomic E-state index is -0.130. The van der Waals surface area contributed by atoms with Crippen LogP contribution in [0.1, 0.15) is 31.6 Å². The van der Waals surface area contributed by atoms with Gasteiger partial charge in [0.25, 0.3) is 0 Å². The Labute approximate surface area is 113 Å². The van der Waals surface area contributed by atoms with Crippen LogP contribution in [0.25, 0.3) is 0 Å². The van der Waals surface area contributed by atoms with E-state index in [4.69, 9.17) is 4.42 Å². The minimum Gasteiger partial charge on any atom is -0.467 e. The van der Waals surface area contributed by atoms with Crippen molar-refractivity contribution >= 4 is 12.2 Å². The molecule has 104 valence electrons. The Hall–Kier alpha value is -1.62. The molecule has 5 nitrogen and oxygen atoms in total. The molecule has 19 heavy (non-hydrogen) atoms. The molecule has 0 aromatic carbocycles. The van der Waals surface area contributed by atoms with E-state index in [0.717, 1.165) is 31.4 Å². The monoisotopic (exact) mass is 264 g/mol. The average Bonchev–Trinajstić information content (AvgIpc) is 2.92. The first-order chi connectivity index (χ1) is 9.19. The predicted octanol–water partition coefficient (Wildman–Crippen LogP) is 1.37. The lowest BCUT2D eigenvalue weighted by Gasteiger charge is -2.29. The third-order valence-electron chi connectivity index (χ3n) is 3.45. The van der Waals surface area contributed by atoms with Gasteiger partial charge in [-0.3, -0.25) is 9.69 Å². The number of hydrogen-bond acceptors (Lipinski definition) is 4. The first-order valence-electron chi connectivity index (χ1n) is 6.69. The maximum absolute atomic E-state index is 11.9. The van der Waals surface area contributed by atoms with Crippen LogP contribution >= 0.6 is 0 Å². The lowest BCUT2D eigenvalue weighted by atomic mass is 10.00. The molecule has 1 N–H and O–H groups in total. The highest BCUT2D eigenvalue weighted by atomic mass is 16.3. The number of likely N-dealkylation sites (tertiary alicyclic amines) is 1. The molecule has 1 aromatic rings. The molecule has 1 saturated heterocycles. The number of rotatable bonds is 5. The molecule has 0 radical (unpaired) electrons. The van der Waals surface area contributed by atoms with Gasteiger partial charge in [-0.05, 0) is 38.4 Å². The van der Waals surface area contributed by atoms with Crippen LogP contribution in [0.4, 0.5) is 0 Å². The van der Waals surface area contributed by atoms with Gasteiger partial charge in [-0.2, -0.15) is 0 Å². The number of carbonyl (C=O) groups excluding carboxylic acids is 2. The van der Waals surface area contributed by atoms with Gasteiger partial charge in [-0.15, -0.1) is 0 Å². The van der Waals surface area contributed by atoms with Crippen LogP contribution in [0.5, 0.6) is 0 Å². The number of amides is 1.